The first kappa shape index (κ1) is 28.3. The van der Waals surface area contributed by atoms with E-state index in [1.54, 1.807) is 0 Å². The number of hydrogen-bond donors (Lipinski definition) is 4. The van der Waals surface area contributed by atoms with Gasteiger partial charge in [0, 0.05) is 18.9 Å². The SMILES string of the molecule is O=CC(C[C@@H]1CCNC1=O)NC(=O)CNC(=O)C(Cc1cccc2ccccc12)NC(=O)OCc1ccccc1. The Bertz CT molecular complexity index is 1360. The molecule has 1 heterocycles. The summed E-state index contributed by atoms with van der Waals surface area (Å²) in [6.45, 7) is 0.161. The van der Waals surface area contributed by atoms with E-state index in [1.165, 1.54) is 0 Å². The first-order valence-electron chi connectivity index (χ1n) is 13.2. The fourth-order valence-corrected chi connectivity index (χ4v) is 4.68. The number of ether oxygens (including phenoxy) is 1. The fraction of sp³-hybridized carbons (Fsp3) is 0.300. The molecule has 1 aliphatic rings. The molecule has 4 N–H and O–H groups in total. The van der Waals surface area contributed by atoms with Crippen LogP contribution in [0.3, 0.4) is 0 Å². The van der Waals surface area contributed by atoms with E-state index in [-0.39, 0.29) is 31.3 Å². The molecule has 1 aliphatic heterocycles. The molecule has 1 saturated heterocycles. The molecule has 0 bridgehead atoms. The maximum atomic E-state index is 13.2. The average molecular weight is 545 g/mol. The maximum absolute atomic E-state index is 13.2. The van der Waals surface area contributed by atoms with Crippen LogP contribution < -0.4 is 21.3 Å². The van der Waals surface area contributed by atoms with E-state index < -0.39 is 36.5 Å². The Morgan fingerprint density at radius 2 is 1.73 bits per heavy atom. The predicted octanol–water partition coefficient (Wildman–Crippen LogP) is 2.00. The van der Waals surface area contributed by atoms with E-state index in [4.69, 9.17) is 4.74 Å². The second-order valence-electron chi connectivity index (χ2n) is 9.64. The molecule has 3 aromatic rings. The molecule has 208 valence electrons. The fourth-order valence-electron chi connectivity index (χ4n) is 4.68. The van der Waals surface area contributed by atoms with E-state index in [0.717, 1.165) is 21.9 Å². The Morgan fingerprint density at radius 3 is 2.48 bits per heavy atom. The number of amides is 4. The molecule has 3 aromatic carbocycles. The number of aldehydes is 1. The van der Waals surface area contributed by atoms with E-state index in [0.29, 0.717) is 19.3 Å². The van der Waals surface area contributed by atoms with Gasteiger partial charge in [-0.05, 0) is 34.7 Å². The maximum Gasteiger partial charge on any atom is 0.408 e. The zero-order valence-corrected chi connectivity index (χ0v) is 21.9. The Balaban J connectivity index is 1.39. The smallest absolute Gasteiger partial charge is 0.408 e. The number of benzene rings is 3. The standard InChI is InChI=1S/C30H32N4O6/c35-18-24(15-23-13-14-31-28(23)37)33-27(36)17-32-29(38)26(34-30(39)40-19-20-7-2-1-3-8-20)16-22-11-6-10-21-9-4-5-12-25(21)22/h1-12,18,23-24,26H,13-17,19H2,(H,31,37)(H,32,38)(H,33,36)(H,34,39)/t23-,24?,26?/m0/s1. The lowest BCUT2D eigenvalue weighted by atomic mass is 9.98. The minimum absolute atomic E-state index is 0.0315. The lowest BCUT2D eigenvalue weighted by molar-refractivity contribution is -0.128. The van der Waals surface area contributed by atoms with Crippen LogP contribution in [0.4, 0.5) is 4.79 Å². The highest BCUT2D eigenvalue weighted by Gasteiger charge is 2.28. The van der Waals surface area contributed by atoms with Crippen LogP contribution in [0.5, 0.6) is 0 Å². The van der Waals surface area contributed by atoms with Crippen molar-refractivity contribution in [2.75, 3.05) is 13.1 Å². The van der Waals surface area contributed by atoms with Crippen molar-refractivity contribution < 1.29 is 28.7 Å². The number of hydrogen-bond acceptors (Lipinski definition) is 6. The Labute approximate surface area is 231 Å². The number of carbonyl (C=O) groups excluding carboxylic acids is 5. The molecular formula is C30H32N4O6. The Morgan fingerprint density at radius 1 is 0.975 bits per heavy atom. The normalized spacial score (nSPS) is 15.9. The van der Waals surface area contributed by atoms with Crippen molar-refractivity contribution in [2.45, 2.75) is 38.0 Å². The molecule has 2 unspecified atom stereocenters. The molecule has 0 aromatic heterocycles. The van der Waals surface area contributed by atoms with Crippen LogP contribution in [0, 0.1) is 5.92 Å². The van der Waals surface area contributed by atoms with Gasteiger partial charge in [-0.2, -0.15) is 0 Å². The van der Waals surface area contributed by atoms with Gasteiger partial charge >= 0.3 is 6.09 Å². The molecular weight excluding hydrogens is 512 g/mol. The third-order valence-electron chi connectivity index (χ3n) is 6.76. The molecule has 3 atom stereocenters. The molecule has 1 fully saturated rings. The molecule has 40 heavy (non-hydrogen) atoms. The monoisotopic (exact) mass is 544 g/mol. The highest BCUT2D eigenvalue weighted by atomic mass is 16.5. The zero-order valence-electron chi connectivity index (χ0n) is 21.9. The summed E-state index contributed by atoms with van der Waals surface area (Å²) in [5.74, 6) is -1.66. The van der Waals surface area contributed by atoms with Crippen LogP contribution in [0.2, 0.25) is 0 Å². The van der Waals surface area contributed by atoms with Gasteiger partial charge < -0.3 is 30.8 Å². The first-order chi connectivity index (χ1) is 19.4. The lowest BCUT2D eigenvalue weighted by Gasteiger charge is -2.20. The van der Waals surface area contributed by atoms with E-state index in [1.807, 2.05) is 72.8 Å². The van der Waals surface area contributed by atoms with Crippen molar-refractivity contribution in [3.63, 3.8) is 0 Å². The van der Waals surface area contributed by atoms with Crippen LogP contribution in [0.25, 0.3) is 10.8 Å². The Kier molecular flexibility index (Phi) is 9.82. The molecule has 0 spiro atoms. The van der Waals surface area contributed by atoms with Gasteiger partial charge in [-0.15, -0.1) is 0 Å². The van der Waals surface area contributed by atoms with Gasteiger partial charge in [0.25, 0.3) is 0 Å². The predicted molar refractivity (Wildman–Crippen MR) is 148 cm³/mol. The van der Waals surface area contributed by atoms with Crippen LogP contribution in [0.1, 0.15) is 24.0 Å². The van der Waals surface area contributed by atoms with E-state index in [9.17, 15) is 24.0 Å². The average Bonchev–Trinajstić information content (AvgIpc) is 3.38. The lowest BCUT2D eigenvalue weighted by Crippen LogP contribution is -2.51. The minimum Gasteiger partial charge on any atom is -0.445 e. The molecule has 0 saturated carbocycles. The van der Waals surface area contributed by atoms with Crippen LogP contribution in [-0.2, 0) is 36.9 Å². The van der Waals surface area contributed by atoms with Gasteiger partial charge in [-0.1, -0.05) is 72.8 Å². The number of fused-ring (bicyclic) bond motifs is 1. The molecule has 0 aliphatic carbocycles. The first-order valence-corrected chi connectivity index (χ1v) is 13.2. The number of rotatable bonds is 12. The summed E-state index contributed by atoms with van der Waals surface area (Å²) in [7, 11) is 0. The number of nitrogens with one attached hydrogen (secondary N) is 4. The van der Waals surface area contributed by atoms with Crippen molar-refractivity contribution in [1.82, 2.24) is 21.3 Å². The second kappa shape index (κ2) is 13.9. The summed E-state index contributed by atoms with van der Waals surface area (Å²) in [5.41, 5.74) is 1.63. The number of alkyl carbamates (subject to hydrolysis) is 1. The summed E-state index contributed by atoms with van der Waals surface area (Å²) in [6, 6.07) is 20.7. The van der Waals surface area contributed by atoms with Gasteiger partial charge in [-0.25, -0.2) is 4.79 Å². The van der Waals surface area contributed by atoms with Crippen molar-refractivity contribution in [1.29, 1.82) is 0 Å². The molecule has 10 nitrogen and oxygen atoms in total. The van der Waals surface area contributed by atoms with Crippen molar-refractivity contribution >= 4 is 40.9 Å². The minimum atomic E-state index is -1.04. The van der Waals surface area contributed by atoms with Crippen LogP contribution >= 0.6 is 0 Å². The van der Waals surface area contributed by atoms with Crippen LogP contribution in [-0.4, -0.2) is 55.3 Å². The zero-order chi connectivity index (χ0) is 28.3. The van der Waals surface area contributed by atoms with Crippen molar-refractivity contribution in [3.8, 4) is 0 Å². The third kappa shape index (κ3) is 7.89. The molecule has 0 radical (unpaired) electrons. The van der Waals surface area contributed by atoms with Gasteiger partial charge in [0.1, 0.15) is 18.9 Å². The van der Waals surface area contributed by atoms with Crippen molar-refractivity contribution in [2.24, 2.45) is 5.92 Å². The summed E-state index contributed by atoms with van der Waals surface area (Å²) >= 11 is 0. The molecule has 10 heteroatoms. The molecule has 4 amide bonds. The van der Waals surface area contributed by atoms with Gasteiger partial charge in [-0.3, -0.25) is 14.4 Å². The third-order valence-corrected chi connectivity index (χ3v) is 6.76. The largest absolute Gasteiger partial charge is 0.445 e. The van der Waals surface area contributed by atoms with Gasteiger partial charge in [0.15, 0.2) is 0 Å². The van der Waals surface area contributed by atoms with Gasteiger partial charge in [0.05, 0.1) is 12.6 Å². The summed E-state index contributed by atoms with van der Waals surface area (Å²) in [4.78, 5) is 61.6. The quantitative estimate of drug-likeness (QED) is 0.257. The molecule has 4 rings (SSSR count). The summed E-state index contributed by atoms with van der Waals surface area (Å²) < 4.78 is 5.32. The highest BCUT2D eigenvalue weighted by Crippen LogP contribution is 2.20. The van der Waals surface area contributed by atoms with E-state index >= 15 is 0 Å². The van der Waals surface area contributed by atoms with Gasteiger partial charge in [0.2, 0.25) is 17.7 Å². The van der Waals surface area contributed by atoms with E-state index in [2.05, 4.69) is 21.3 Å². The van der Waals surface area contributed by atoms with Crippen LogP contribution in [0.15, 0.2) is 72.8 Å². The summed E-state index contributed by atoms with van der Waals surface area (Å²) in [6.07, 6.45) is 0.747. The Hall–Kier alpha value is -4.73. The topological polar surface area (TPSA) is 143 Å². The second-order valence-corrected chi connectivity index (χ2v) is 9.64. The van der Waals surface area contributed by atoms with Crippen molar-refractivity contribution in [3.05, 3.63) is 83.9 Å². The number of carbonyl (C=O) groups is 5. The summed E-state index contributed by atoms with van der Waals surface area (Å²) in [5, 5.41) is 12.3. The highest BCUT2D eigenvalue weighted by molar-refractivity contribution is 5.92.